The average molecular weight is 193 g/mol. The minimum atomic E-state index is 0.704. The third-order valence-corrected chi connectivity index (χ3v) is 3.19. The third kappa shape index (κ3) is 1.82. The minimum Gasteiger partial charge on any atom is -0.317 e. The molecule has 1 aromatic heterocycles. The fraction of sp³-hybridized carbons (Fsp3) is 0.727. The zero-order valence-electron chi connectivity index (χ0n) is 9.03. The van der Waals surface area contributed by atoms with Crippen LogP contribution in [0.3, 0.4) is 0 Å². The lowest BCUT2D eigenvalue weighted by atomic mass is 9.72. The van der Waals surface area contributed by atoms with Crippen LogP contribution < -0.4 is 5.32 Å². The van der Waals surface area contributed by atoms with Gasteiger partial charge in [0.25, 0.3) is 0 Å². The SMILES string of the molecule is CCNCC1CCC1c1ccn(C)n1. The van der Waals surface area contributed by atoms with E-state index in [9.17, 15) is 0 Å². The van der Waals surface area contributed by atoms with Crippen LogP contribution in [-0.4, -0.2) is 22.9 Å². The van der Waals surface area contributed by atoms with Gasteiger partial charge in [-0.2, -0.15) is 5.10 Å². The van der Waals surface area contributed by atoms with Crippen LogP contribution in [0.15, 0.2) is 12.3 Å². The maximum absolute atomic E-state index is 4.48. The standard InChI is InChI=1S/C11H19N3/c1-3-12-8-9-4-5-10(9)11-6-7-14(2)13-11/h6-7,9-10,12H,3-5,8H2,1-2H3. The Labute approximate surface area is 85.5 Å². The first-order valence-corrected chi connectivity index (χ1v) is 5.51. The molecule has 0 aliphatic heterocycles. The van der Waals surface area contributed by atoms with Gasteiger partial charge in [0.15, 0.2) is 0 Å². The van der Waals surface area contributed by atoms with Crippen LogP contribution in [0.25, 0.3) is 0 Å². The molecule has 1 fully saturated rings. The van der Waals surface area contributed by atoms with Crippen molar-refractivity contribution < 1.29 is 0 Å². The van der Waals surface area contributed by atoms with Gasteiger partial charge in [-0.05, 0) is 37.9 Å². The second-order valence-corrected chi connectivity index (χ2v) is 4.17. The maximum atomic E-state index is 4.48. The van der Waals surface area contributed by atoms with Gasteiger partial charge in [-0.3, -0.25) is 4.68 Å². The summed E-state index contributed by atoms with van der Waals surface area (Å²) in [7, 11) is 1.99. The molecule has 2 rings (SSSR count). The Morgan fingerprint density at radius 1 is 1.57 bits per heavy atom. The Bertz CT molecular complexity index is 292. The van der Waals surface area contributed by atoms with E-state index >= 15 is 0 Å². The molecular weight excluding hydrogens is 174 g/mol. The summed E-state index contributed by atoms with van der Waals surface area (Å²) in [5.41, 5.74) is 1.28. The van der Waals surface area contributed by atoms with E-state index in [2.05, 4.69) is 23.4 Å². The van der Waals surface area contributed by atoms with E-state index < -0.39 is 0 Å². The van der Waals surface area contributed by atoms with Gasteiger partial charge >= 0.3 is 0 Å². The van der Waals surface area contributed by atoms with Crippen molar-refractivity contribution in [3.8, 4) is 0 Å². The van der Waals surface area contributed by atoms with Crippen molar-refractivity contribution in [2.75, 3.05) is 13.1 Å². The highest BCUT2D eigenvalue weighted by atomic mass is 15.2. The Morgan fingerprint density at radius 2 is 2.43 bits per heavy atom. The molecule has 1 aromatic rings. The maximum Gasteiger partial charge on any atom is 0.0658 e. The molecule has 0 aromatic carbocycles. The number of aromatic nitrogens is 2. The molecule has 14 heavy (non-hydrogen) atoms. The average Bonchev–Trinajstić information content (AvgIpc) is 2.51. The third-order valence-electron chi connectivity index (χ3n) is 3.19. The van der Waals surface area contributed by atoms with Gasteiger partial charge < -0.3 is 5.32 Å². The zero-order chi connectivity index (χ0) is 9.97. The molecule has 2 atom stereocenters. The Kier molecular flexibility index (Phi) is 2.87. The molecule has 2 unspecified atom stereocenters. The van der Waals surface area contributed by atoms with Gasteiger partial charge in [0.05, 0.1) is 5.69 Å². The van der Waals surface area contributed by atoms with Gasteiger partial charge in [0, 0.05) is 19.2 Å². The summed E-state index contributed by atoms with van der Waals surface area (Å²) < 4.78 is 1.90. The van der Waals surface area contributed by atoms with Crippen LogP contribution in [0.4, 0.5) is 0 Å². The summed E-state index contributed by atoms with van der Waals surface area (Å²) in [5, 5.41) is 7.90. The van der Waals surface area contributed by atoms with E-state index in [0.717, 1.165) is 19.0 Å². The van der Waals surface area contributed by atoms with Crippen LogP contribution in [0.1, 0.15) is 31.4 Å². The van der Waals surface area contributed by atoms with Crippen molar-refractivity contribution in [2.45, 2.75) is 25.7 Å². The quantitative estimate of drug-likeness (QED) is 0.785. The first-order valence-electron chi connectivity index (χ1n) is 5.51. The molecule has 0 bridgehead atoms. The van der Waals surface area contributed by atoms with Gasteiger partial charge in [-0.1, -0.05) is 6.92 Å². The molecule has 3 nitrogen and oxygen atoms in total. The van der Waals surface area contributed by atoms with Gasteiger partial charge in [-0.25, -0.2) is 0 Å². The molecule has 0 saturated heterocycles. The fourth-order valence-corrected chi connectivity index (χ4v) is 2.16. The predicted octanol–water partition coefficient (Wildman–Crippen LogP) is 1.52. The predicted molar refractivity (Wildman–Crippen MR) is 57.2 cm³/mol. The van der Waals surface area contributed by atoms with E-state index in [0.29, 0.717) is 5.92 Å². The summed E-state index contributed by atoms with van der Waals surface area (Å²) in [6.07, 6.45) is 4.71. The lowest BCUT2D eigenvalue weighted by Gasteiger charge is -2.35. The number of hydrogen-bond donors (Lipinski definition) is 1. The van der Waals surface area contributed by atoms with E-state index in [1.54, 1.807) is 0 Å². The van der Waals surface area contributed by atoms with Gasteiger partial charge in [0.1, 0.15) is 0 Å². The highest BCUT2D eigenvalue weighted by Crippen LogP contribution is 2.41. The molecule has 1 aliphatic carbocycles. The number of hydrogen-bond acceptors (Lipinski definition) is 2. The topological polar surface area (TPSA) is 29.9 Å². The molecule has 78 valence electrons. The Morgan fingerprint density at radius 3 is 2.93 bits per heavy atom. The number of aryl methyl sites for hydroxylation is 1. The Hall–Kier alpha value is -0.830. The van der Waals surface area contributed by atoms with Crippen molar-refractivity contribution in [3.63, 3.8) is 0 Å². The smallest absolute Gasteiger partial charge is 0.0658 e. The molecule has 3 heteroatoms. The van der Waals surface area contributed by atoms with Crippen LogP contribution >= 0.6 is 0 Å². The lowest BCUT2D eigenvalue weighted by molar-refractivity contribution is 0.242. The summed E-state index contributed by atoms with van der Waals surface area (Å²) in [4.78, 5) is 0. The largest absolute Gasteiger partial charge is 0.317 e. The Balaban J connectivity index is 1.92. The monoisotopic (exact) mass is 193 g/mol. The van der Waals surface area contributed by atoms with E-state index in [1.807, 2.05) is 17.9 Å². The van der Waals surface area contributed by atoms with E-state index in [-0.39, 0.29) is 0 Å². The fourth-order valence-electron chi connectivity index (χ4n) is 2.16. The van der Waals surface area contributed by atoms with Gasteiger partial charge in [0.2, 0.25) is 0 Å². The first kappa shape index (κ1) is 9.71. The summed E-state index contributed by atoms with van der Waals surface area (Å²) in [6, 6.07) is 2.16. The van der Waals surface area contributed by atoms with E-state index in [1.165, 1.54) is 18.5 Å². The zero-order valence-corrected chi connectivity index (χ0v) is 9.03. The minimum absolute atomic E-state index is 0.704. The lowest BCUT2D eigenvalue weighted by Crippen LogP contribution is -2.34. The van der Waals surface area contributed by atoms with Gasteiger partial charge in [-0.15, -0.1) is 0 Å². The highest BCUT2D eigenvalue weighted by molar-refractivity contribution is 5.12. The first-order chi connectivity index (χ1) is 6.81. The van der Waals surface area contributed by atoms with Crippen LogP contribution in [0.5, 0.6) is 0 Å². The molecule has 1 saturated carbocycles. The molecule has 1 aliphatic rings. The van der Waals surface area contributed by atoms with Crippen molar-refractivity contribution in [1.29, 1.82) is 0 Å². The van der Waals surface area contributed by atoms with Crippen LogP contribution in [0.2, 0.25) is 0 Å². The highest BCUT2D eigenvalue weighted by Gasteiger charge is 2.32. The molecule has 0 amide bonds. The summed E-state index contributed by atoms with van der Waals surface area (Å²) in [5.74, 6) is 1.51. The number of rotatable bonds is 4. The van der Waals surface area contributed by atoms with E-state index in [4.69, 9.17) is 0 Å². The van der Waals surface area contributed by atoms with Crippen LogP contribution in [-0.2, 0) is 7.05 Å². The number of nitrogens with one attached hydrogen (secondary N) is 1. The molecule has 1 N–H and O–H groups in total. The number of nitrogens with zero attached hydrogens (tertiary/aromatic N) is 2. The van der Waals surface area contributed by atoms with Crippen molar-refractivity contribution in [3.05, 3.63) is 18.0 Å². The van der Waals surface area contributed by atoms with Crippen molar-refractivity contribution in [1.82, 2.24) is 15.1 Å². The normalized spacial score (nSPS) is 26.1. The molecule has 0 radical (unpaired) electrons. The second-order valence-electron chi connectivity index (χ2n) is 4.17. The molecular formula is C11H19N3. The van der Waals surface area contributed by atoms with Crippen molar-refractivity contribution in [2.24, 2.45) is 13.0 Å². The van der Waals surface area contributed by atoms with Crippen LogP contribution in [0, 0.1) is 5.92 Å². The summed E-state index contributed by atoms with van der Waals surface area (Å²) in [6.45, 7) is 4.39. The van der Waals surface area contributed by atoms with Crippen molar-refractivity contribution >= 4 is 0 Å². The molecule has 0 spiro atoms. The molecule has 1 heterocycles. The second kappa shape index (κ2) is 4.13. The summed E-state index contributed by atoms with van der Waals surface area (Å²) >= 11 is 0.